The van der Waals surface area contributed by atoms with Crippen molar-refractivity contribution < 1.29 is 4.79 Å². The molecule has 3 aromatic rings. The summed E-state index contributed by atoms with van der Waals surface area (Å²) in [5.41, 5.74) is 2.26. The summed E-state index contributed by atoms with van der Waals surface area (Å²) in [5, 5.41) is 2.98. The molecule has 1 N–H and O–H groups in total. The number of nitrogens with zero attached hydrogens (tertiary/aromatic N) is 3. The van der Waals surface area contributed by atoms with Crippen molar-refractivity contribution >= 4 is 32.9 Å². The van der Waals surface area contributed by atoms with Gasteiger partial charge in [-0.25, -0.2) is 4.98 Å². The van der Waals surface area contributed by atoms with Gasteiger partial charge < -0.3 is 4.90 Å². The third-order valence-electron chi connectivity index (χ3n) is 3.85. The minimum atomic E-state index is -0.305. The minimum Gasteiger partial charge on any atom is -0.337 e. The number of carbonyl (C=O) groups excluding carboxylic acids is 1. The monoisotopic (exact) mass is 388 g/mol. The standard InChI is InChI=1S/C17H17BrN4O2/c1-10-8-13(14-15(19-10)22(3)20-16(14)23)17(24)21(2)9-11-4-6-12(18)7-5-11/h4-8H,9H2,1-3H3,(H,20,23). The molecule has 6 nitrogen and oxygen atoms in total. The van der Waals surface area contributed by atoms with Crippen molar-refractivity contribution in [3.05, 3.63) is 62.0 Å². The fourth-order valence-electron chi connectivity index (χ4n) is 2.69. The molecule has 1 aromatic carbocycles. The van der Waals surface area contributed by atoms with Crippen molar-refractivity contribution in [1.82, 2.24) is 19.7 Å². The first-order chi connectivity index (χ1) is 11.4. The van der Waals surface area contributed by atoms with Gasteiger partial charge in [0.2, 0.25) is 0 Å². The zero-order valence-corrected chi connectivity index (χ0v) is 15.2. The molecule has 1 amide bonds. The predicted octanol–water partition coefficient (Wildman–Crippen LogP) is 2.60. The Morgan fingerprint density at radius 3 is 2.67 bits per heavy atom. The molecule has 0 aliphatic heterocycles. The lowest BCUT2D eigenvalue weighted by molar-refractivity contribution is 0.0787. The minimum absolute atomic E-state index is 0.204. The van der Waals surface area contributed by atoms with Crippen LogP contribution in [-0.4, -0.2) is 32.6 Å². The number of fused-ring (bicyclic) bond motifs is 1. The first-order valence-corrected chi connectivity index (χ1v) is 8.22. The number of H-pyrrole nitrogens is 1. The van der Waals surface area contributed by atoms with E-state index in [9.17, 15) is 9.59 Å². The van der Waals surface area contributed by atoms with Crippen LogP contribution in [0.3, 0.4) is 0 Å². The number of pyridine rings is 1. The molecular weight excluding hydrogens is 372 g/mol. The maximum Gasteiger partial charge on any atom is 0.274 e. The summed E-state index contributed by atoms with van der Waals surface area (Å²) in [7, 11) is 3.43. The Bertz CT molecular complexity index is 973. The largest absolute Gasteiger partial charge is 0.337 e. The van der Waals surface area contributed by atoms with E-state index >= 15 is 0 Å². The molecule has 0 radical (unpaired) electrons. The number of benzene rings is 1. The van der Waals surface area contributed by atoms with E-state index in [0.29, 0.717) is 28.8 Å². The normalized spacial score (nSPS) is 11.0. The first kappa shape index (κ1) is 16.4. The molecule has 124 valence electrons. The molecule has 0 atom stereocenters. The van der Waals surface area contributed by atoms with Crippen molar-refractivity contribution in [3.8, 4) is 0 Å². The van der Waals surface area contributed by atoms with E-state index in [1.54, 1.807) is 25.1 Å². The summed E-state index contributed by atoms with van der Waals surface area (Å²) < 4.78 is 2.53. The van der Waals surface area contributed by atoms with Crippen molar-refractivity contribution in [2.45, 2.75) is 13.5 Å². The Morgan fingerprint density at radius 1 is 1.33 bits per heavy atom. The molecule has 24 heavy (non-hydrogen) atoms. The Kier molecular flexibility index (Phi) is 4.28. The second-order valence-corrected chi connectivity index (χ2v) is 6.71. The number of hydrogen-bond acceptors (Lipinski definition) is 3. The molecule has 0 bridgehead atoms. The lowest BCUT2D eigenvalue weighted by atomic mass is 10.1. The van der Waals surface area contributed by atoms with Crippen molar-refractivity contribution in [2.75, 3.05) is 7.05 Å². The van der Waals surface area contributed by atoms with E-state index in [4.69, 9.17) is 0 Å². The van der Waals surface area contributed by atoms with Gasteiger partial charge in [0.1, 0.15) is 0 Å². The molecule has 0 saturated carbocycles. The topological polar surface area (TPSA) is 71.0 Å². The van der Waals surface area contributed by atoms with E-state index < -0.39 is 0 Å². The number of rotatable bonds is 3. The molecule has 3 rings (SSSR count). The summed E-state index contributed by atoms with van der Waals surface area (Å²) in [6.07, 6.45) is 0. The summed E-state index contributed by atoms with van der Waals surface area (Å²) in [5.74, 6) is -0.204. The van der Waals surface area contributed by atoms with Gasteiger partial charge in [0.25, 0.3) is 11.5 Å². The van der Waals surface area contributed by atoms with Gasteiger partial charge in [0, 0.05) is 30.8 Å². The average Bonchev–Trinajstić information content (AvgIpc) is 2.82. The molecule has 0 saturated heterocycles. The highest BCUT2D eigenvalue weighted by atomic mass is 79.9. The van der Waals surface area contributed by atoms with Gasteiger partial charge in [-0.2, -0.15) is 0 Å². The van der Waals surface area contributed by atoms with Gasteiger partial charge in [-0.15, -0.1) is 0 Å². The van der Waals surface area contributed by atoms with Crippen molar-refractivity contribution in [2.24, 2.45) is 7.05 Å². The lowest BCUT2D eigenvalue weighted by Gasteiger charge is -2.18. The fraction of sp³-hybridized carbons (Fsp3) is 0.235. The van der Waals surface area contributed by atoms with E-state index in [1.807, 2.05) is 31.2 Å². The van der Waals surface area contributed by atoms with Crippen molar-refractivity contribution in [1.29, 1.82) is 0 Å². The summed E-state index contributed by atoms with van der Waals surface area (Å²) in [6.45, 7) is 2.27. The first-order valence-electron chi connectivity index (χ1n) is 7.43. The van der Waals surface area contributed by atoms with Crippen LogP contribution in [0.1, 0.15) is 21.6 Å². The second kappa shape index (κ2) is 6.24. The highest BCUT2D eigenvalue weighted by Gasteiger charge is 2.20. The molecule has 0 fully saturated rings. The molecular formula is C17H17BrN4O2. The fourth-order valence-corrected chi connectivity index (χ4v) is 2.96. The number of aryl methyl sites for hydroxylation is 2. The maximum atomic E-state index is 12.9. The van der Waals surface area contributed by atoms with E-state index in [-0.39, 0.29) is 11.5 Å². The highest BCUT2D eigenvalue weighted by Crippen LogP contribution is 2.18. The van der Waals surface area contributed by atoms with Gasteiger partial charge in [-0.05, 0) is 30.7 Å². The van der Waals surface area contributed by atoms with Gasteiger partial charge in [-0.3, -0.25) is 19.4 Å². The molecule has 0 aliphatic rings. The number of aromatic amines is 1. The van der Waals surface area contributed by atoms with Crippen LogP contribution in [0.2, 0.25) is 0 Å². The van der Waals surface area contributed by atoms with Crippen LogP contribution in [0.5, 0.6) is 0 Å². The van der Waals surface area contributed by atoms with Crippen LogP contribution in [-0.2, 0) is 13.6 Å². The lowest BCUT2D eigenvalue weighted by Crippen LogP contribution is -2.27. The van der Waals surface area contributed by atoms with Crippen LogP contribution in [0, 0.1) is 6.92 Å². The smallest absolute Gasteiger partial charge is 0.274 e. The van der Waals surface area contributed by atoms with Gasteiger partial charge in [0.05, 0.1) is 10.9 Å². The second-order valence-electron chi connectivity index (χ2n) is 5.80. The van der Waals surface area contributed by atoms with Crippen LogP contribution < -0.4 is 5.56 Å². The number of nitrogens with one attached hydrogen (secondary N) is 1. The Morgan fingerprint density at radius 2 is 2.00 bits per heavy atom. The number of halogens is 1. The van der Waals surface area contributed by atoms with Gasteiger partial charge >= 0.3 is 0 Å². The maximum absolute atomic E-state index is 12.9. The zero-order valence-electron chi connectivity index (χ0n) is 13.6. The molecule has 2 aromatic heterocycles. The SMILES string of the molecule is Cc1cc(C(=O)N(C)Cc2ccc(Br)cc2)c2c(=O)[nH]n(C)c2n1. The highest BCUT2D eigenvalue weighted by molar-refractivity contribution is 9.10. The quantitative estimate of drug-likeness (QED) is 0.749. The van der Waals surface area contributed by atoms with Crippen LogP contribution >= 0.6 is 15.9 Å². The summed E-state index contributed by atoms with van der Waals surface area (Å²) in [6, 6.07) is 9.44. The van der Waals surface area contributed by atoms with Crippen LogP contribution in [0.25, 0.3) is 11.0 Å². The number of aromatic nitrogens is 3. The predicted molar refractivity (Wildman–Crippen MR) is 96.0 cm³/mol. The number of hydrogen-bond donors (Lipinski definition) is 1. The Balaban J connectivity index is 1.99. The average molecular weight is 389 g/mol. The number of carbonyl (C=O) groups is 1. The molecule has 7 heteroatoms. The van der Waals surface area contributed by atoms with E-state index in [2.05, 4.69) is 26.0 Å². The van der Waals surface area contributed by atoms with E-state index in [0.717, 1.165) is 10.0 Å². The van der Waals surface area contributed by atoms with Crippen LogP contribution in [0.15, 0.2) is 39.6 Å². The Labute approximate surface area is 147 Å². The molecule has 2 heterocycles. The third kappa shape index (κ3) is 2.99. The molecule has 0 unspecified atom stereocenters. The number of amides is 1. The third-order valence-corrected chi connectivity index (χ3v) is 4.38. The Hall–Kier alpha value is -2.41. The van der Waals surface area contributed by atoms with Gasteiger partial charge in [-0.1, -0.05) is 28.1 Å². The van der Waals surface area contributed by atoms with Gasteiger partial charge in [0.15, 0.2) is 5.65 Å². The van der Waals surface area contributed by atoms with Crippen molar-refractivity contribution in [3.63, 3.8) is 0 Å². The molecule has 0 aliphatic carbocycles. The summed E-state index contributed by atoms with van der Waals surface area (Å²) >= 11 is 3.39. The van der Waals surface area contributed by atoms with Crippen LogP contribution in [0.4, 0.5) is 0 Å². The van der Waals surface area contributed by atoms with E-state index in [1.165, 1.54) is 4.68 Å². The summed E-state index contributed by atoms with van der Waals surface area (Å²) in [4.78, 5) is 31.0. The zero-order chi connectivity index (χ0) is 17.4. The molecule has 0 spiro atoms.